The lowest BCUT2D eigenvalue weighted by atomic mass is 9.95. The van der Waals surface area contributed by atoms with Crippen molar-refractivity contribution in [1.82, 2.24) is 4.31 Å². The monoisotopic (exact) mass is 473 g/mol. The zero-order valence-corrected chi connectivity index (χ0v) is 19.2. The molecular weight excluding hydrogens is 446 g/mol. The molecule has 3 rings (SSSR count). The van der Waals surface area contributed by atoms with Crippen LogP contribution in [-0.4, -0.2) is 48.6 Å². The highest BCUT2D eigenvalue weighted by Gasteiger charge is 2.41. The highest BCUT2D eigenvalue weighted by Crippen LogP contribution is 2.30. The Bertz CT molecular complexity index is 1130. The molecule has 0 saturated carbocycles. The standard InChI is InChI=1S/C24H27NO7S/c1-2-3-6-15-32-19-11-9-17(10-12-19)21(26)16-18(24(28)29)13-14-25-23(27)20-7-4-5-8-22(20)33(25,30)31/h4-5,7-12,18H,2-3,6,13-16H2,1H3,(H,28,29). The lowest BCUT2D eigenvalue weighted by Crippen LogP contribution is -2.33. The number of nitrogens with zero attached hydrogens (tertiary/aromatic N) is 1. The van der Waals surface area contributed by atoms with Crippen molar-refractivity contribution in [2.45, 2.75) is 43.9 Å². The zero-order chi connectivity index (χ0) is 24.0. The predicted molar refractivity (Wildman–Crippen MR) is 121 cm³/mol. The number of fused-ring (bicyclic) bond motifs is 1. The fraction of sp³-hybridized carbons (Fsp3) is 0.375. The van der Waals surface area contributed by atoms with Gasteiger partial charge in [-0.1, -0.05) is 31.9 Å². The minimum absolute atomic E-state index is 0.0671. The lowest BCUT2D eigenvalue weighted by molar-refractivity contribution is -0.141. The van der Waals surface area contributed by atoms with Crippen molar-refractivity contribution < 1.29 is 32.6 Å². The number of aliphatic carboxylic acids is 1. The normalized spacial score (nSPS) is 15.2. The molecule has 1 aliphatic rings. The smallest absolute Gasteiger partial charge is 0.307 e. The summed E-state index contributed by atoms with van der Waals surface area (Å²) >= 11 is 0. The number of hydrogen-bond donors (Lipinski definition) is 1. The van der Waals surface area contributed by atoms with Crippen LogP contribution in [0.4, 0.5) is 0 Å². The van der Waals surface area contributed by atoms with E-state index in [-0.39, 0.29) is 35.6 Å². The topological polar surface area (TPSA) is 118 Å². The maximum absolute atomic E-state index is 12.6. The van der Waals surface area contributed by atoms with Crippen molar-refractivity contribution in [2.24, 2.45) is 5.92 Å². The van der Waals surface area contributed by atoms with E-state index in [0.717, 1.165) is 19.3 Å². The van der Waals surface area contributed by atoms with Gasteiger partial charge in [-0.05, 0) is 49.2 Å². The Morgan fingerprint density at radius 3 is 2.39 bits per heavy atom. The van der Waals surface area contributed by atoms with Crippen molar-refractivity contribution in [3.63, 3.8) is 0 Å². The Kier molecular flexibility index (Phi) is 7.86. The first-order valence-electron chi connectivity index (χ1n) is 10.9. The number of unbranched alkanes of at least 4 members (excludes halogenated alkanes) is 2. The van der Waals surface area contributed by atoms with Crippen molar-refractivity contribution in [3.05, 3.63) is 59.7 Å². The summed E-state index contributed by atoms with van der Waals surface area (Å²) in [5.74, 6) is -2.78. The maximum Gasteiger partial charge on any atom is 0.307 e. The fourth-order valence-corrected chi connectivity index (χ4v) is 5.24. The zero-order valence-electron chi connectivity index (χ0n) is 18.4. The van der Waals surface area contributed by atoms with Gasteiger partial charge < -0.3 is 9.84 Å². The fourth-order valence-electron chi connectivity index (χ4n) is 3.66. The quantitative estimate of drug-likeness (QED) is 0.368. The average Bonchev–Trinajstić information content (AvgIpc) is 3.00. The van der Waals surface area contributed by atoms with E-state index in [9.17, 15) is 27.9 Å². The van der Waals surface area contributed by atoms with Gasteiger partial charge in [0, 0.05) is 18.5 Å². The summed E-state index contributed by atoms with van der Waals surface area (Å²) in [6.07, 6.45) is 2.63. The summed E-state index contributed by atoms with van der Waals surface area (Å²) < 4.78 is 31.6. The van der Waals surface area contributed by atoms with E-state index in [1.807, 2.05) is 0 Å². The van der Waals surface area contributed by atoms with Crippen LogP contribution in [0.25, 0.3) is 0 Å². The van der Waals surface area contributed by atoms with Crippen molar-refractivity contribution in [1.29, 1.82) is 0 Å². The minimum Gasteiger partial charge on any atom is -0.494 e. The molecule has 176 valence electrons. The van der Waals surface area contributed by atoms with Crippen LogP contribution in [0.2, 0.25) is 0 Å². The first-order chi connectivity index (χ1) is 15.8. The number of Topliss-reactive ketones (excluding diaryl/α,β-unsaturated/α-hetero) is 1. The molecule has 1 amide bonds. The number of carbonyl (C=O) groups excluding carboxylic acids is 2. The molecule has 1 unspecified atom stereocenters. The molecule has 2 aromatic carbocycles. The van der Waals surface area contributed by atoms with E-state index in [2.05, 4.69) is 6.92 Å². The number of rotatable bonds is 12. The molecule has 0 fully saturated rings. The third kappa shape index (κ3) is 5.60. The summed E-state index contributed by atoms with van der Waals surface area (Å²) in [6, 6.07) is 12.4. The predicted octanol–water partition coefficient (Wildman–Crippen LogP) is 3.76. The van der Waals surface area contributed by atoms with Crippen molar-refractivity contribution in [3.8, 4) is 5.75 Å². The van der Waals surface area contributed by atoms with Gasteiger partial charge in [0.1, 0.15) is 10.6 Å². The molecule has 1 N–H and O–H groups in total. The van der Waals surface area contributed by atoms with E-state index in [1.165, 1.54) is 18.2 Å². The first kappa shape index (κ1) is 24.4. The number of sulfonamides is 1. The molecular formula is C24H27NO7S. The number of amides is 1. The average molecular weight is 474 g/mol. The van der Waals surface area contributed by atoms with Gasteiger partial charge in [-0.15, -0.1) is 0 Å². The van der Waals surface area contributed by atoms with Crippen LogP contribution in [0, 0.1) is 5.92 Å². The molecule has 1 atom stereocenters. The molecule has 2 aromatic rings. The van der Waals surface area contributed by atoms with E-state index in [4.69, 9.17) is 4.74 Å². The van der Waals surface area contributed by atoms with Gasteiger partial charge in [-0.25, -0.2) is 12.7 Å². The van der Waals surface area contributed by atoms with Gasteiger partial charge in [0.15, 0.2) is 5.78 Å². The number of hydrogen-bond acceptors (Lipinski definition) is 6. The van der Waals surface area contributed by atoms with E-state index < -0.39 is 27.8 Å². The number of carboxylic acid groups (broad SMARTS) is 1. The largest absolute Gasteiger partial charge is 0.494 e. The van der Waals surface area contributed by atoms with Crippen LogP contribution in [0.15, 0.2) is 53.4 Å². The molecule has 0 aliphatic carbocycles. The molecule has 1 aliphatic heterocycles. The summed E-state index contributed by atoms with van der Waals surface area (Å²) in [5.41, 5.74) is 0.414. The van der Waals surface area contributed by atoms with Gasteiger partial charge in [0.25, 0.3) is 15.9 Å². The van der Waals surface area contributed by atoms with Gasteiger partial charge in [-0.2, -0.15) is 0 Å². The summed E-state index contributed by atoms with van der Waals surface area (Å²) in [7, 11) is -4.02. The number of ketones is 1. The summed E-state index contributed by atoms with van der Waals surface area (Å²) in [6.45, 7) is 2.38. The van der Waals surface area contributed by atoms with Crippen LogP contribution < -0.4 is 4.74 Å². The molecule has 0 spiro atoms. The molecule has 8 nitrogen and oxygen atoms in total. The Balaban J connectivity index is 1.61. The van der Waals surface area contributed by atoms with Crippen molar-refractivity contribution >= 4 is 27.7 Å². The number of carboxylic acids is 1. The highest BCUT2D eigenvalue weighted by atomic mass is 32.2. The molecule has 0 bridgehead atoms. The van der Waals surface area contributed by atoms with Crippen LogP contribution in [0.3, 0.4) is 0 Å². The van der Waals surface area contributed by atoms with Gasteiger partial charge in [0.2, 0.25) is 0 Å². The SMILES string of the molecule is CCCCCOc1ccc(C(=O)CC(CCN2C(=O)c3ccccc3S2(=O)=O)C(=O)O)cc1. The van der Waals surface area contributed by atoms with Crippen LogP contribution in [0.5, 0.6) is 5.75 Å². The Labute approximate surface area is 193 Å². The van der Waals surface area contributed by atoms with Crippen molar-refractivity contribution in [2.75, 3.05) is 13.2 Å². The van der Waals surface area contributed by atoms with E-state index in [1.54, 1.807) is 30.3 Å². The van der Waals surface area contributed by atoms with Crippen LogP contribution >= 0.6 is 0 Å². The molecule has 9 heteroatoms. The van der Waals surface area contributed by atoms with Crippen LogP contribution in [-0.2, 0) is 14.8 Å². The third-order valence-corrected chi connectivity index (χ3v) is 7.41. The second-order valence-electron chi connectivity index (χ2n) is 7.91. The van der Waals surface area contributed by atoms with Gasteiger partial charge in [0.05, 0.1) is 18.1 Å². The third-order valence-electron chi connectivity index (χ3n) is 5.57. The maximum atomic E-state index is 12.6. The number of carbonyl (C=O) groups is 3. The highest BCUT2D eigenvalue weighted by molar-refractivity contribution is 7.90. The second kappa shape index (κ2) is 10.6. The first-order valence-corrected chi connectivity index (χ1v) is 12.3. The lowest BCUT2D eigenvalue weighted by Gasteiger charge is -2.18. The van der Waals surface area contributed by atoms with Gasteiger partial charge >= 0.3 is 5.97 Å². The van der Waals surface area contributed by atoms with Gasteiger partial charge in [-0.3, -0.25) is 14.4 Å². The Morgan fingerprint density at radius 2 is 1.76 bits per heavy atom. The number of ether oxygens (including phenoxy) is 1. The Hall–Kier alpha value is -3.20. The number of benzene rings is 2. The molecule has 0 saturated heterocycles. The molecule has 33 heavy (non-hydrogen) atoms. The minimum atomic E-state index is -4.02. The molecule has 0 radical (unpaired) electrons. The van der Waals surface area contributed by atoms with Crippen LogP contribution in [0.1, 0.15) is 59.7 Å². The summed E-state index contributed by atoms with van der Waals surface area (Å²) in [5, 5.41) is 9.57. The summed E-state index contributed by atoms with van der Waals surface area (Å²) in [4.78, 5) is 36.8. The molecule has 0 aromatic heterocycles. The van der Waals surface area contributed by atoms with E-state index in [0.29, 0.717) is 22.2 Å². The second-order valence-corrected chi connectivity index (χ2v) is 9.74. The van der Waals surface area contributed by atoms with E-state index >= 15 is 0 Å². The Morgan fingerprint density at radius 1 is 1.06 bits per heavy atom. The molecule has 1 heterocycles.